The Morgan fingerprint density at radius 1 is 0.714 bits per heavy atom. The summed E-state index contributed by atoms with van der Waals surface area (Å²) in [5.74, 6) is 0.473. The number of hydrogen-bond donors (Lipinski definition) is 4. The maximum absolute atomic E-state index is 5.42. The van der Waals surface area contributed by atoms with Crippen LogP contribution in [0.3, 0.4) is 0 Å². The van der Waals surface area contributed by atoms with E-state index in [1.165, 1.54) is 0 Å². The van der Waals surface area contributed by atoms with Gasteiger partial charge in [0.05, 0.1) is 40.1 Å². The van der Waals surface area contributed by atoms with Gasteiger partial charge < -0.3 is 15.7 Å². The molecular weight excluding hydrogens is 350 g/mol. The maximum atomic E-state index is 5.42. The molecule has 5 N–H and O–H groups in total. The summed E-state index contributed by atoms with van der Waals surface area (Å²) in [7, 11) is 0. The van der Waals surface area contributed by atoms with Gasteiger partial charge in [-0.15, -0.1) is 0 Å². The van der Waals surface area contributed by atoms with E-state index in [-0.39, 0.29) is 0 Å². The Balaban J connectivity index is 0.000000103. The molecule has 0 bridgehead atoms. The van der Waals surface area contributed by atoms with Crippen LogP contribution in [-0.4, -0.2) is 30.1 Å². The van der Waals surface area contributed by atoms with Gasteiger partial charge in [-0.2, -0.15) is 5.10 Å². The average molecular weight is 369 g/mol. The minimum Gasteiger partial charge on any atom is -0.369 e. The van der Waals surface area contributed by atoms with Gasteiger partial charge in [-0.1, -0.05) is 42.5 Å². The second-order valence-corrected chi connectivity index (χ2v) is 6.02. The highest BCUT2D eigenvalue weighted by molar-refractivity contribution is 5.77. The Hall–Kier alpha value is -4.13. The smallest absolute Gasteiger partial charge is 0.198 e. The zero-order valence-corrected chi connectivity index (χ0v) is 15.0. The predicted octanol–water partition coefficient (Wildman–Crippen LogP) is 4.27. The molecule has 0 unspecified atom stereocenters. The summed E-state index contributed by atoms with van der Waals surface area (Å²) in [6.07, 6.45) is 3.51. The summed E-state index contributed by atoms with van der Waals surface area (Å²) < 4.78 is 0. The number of fused-ring (bicyclic) bond motifs is 3. The van der Waals surface area contributed by atoms with Crippen LogP contribution in [-0.2, 0) is 0 Å². The van der Waals surface area contributed by atoms with E-state index in [1.807, 2.05) is 79.0 Å². The highest BCUT2D eigenvalue weighted by atomic mass is 15.1. The number of para-hydroxylation sites is 5. The van der Waals surface area contributed by atoms with Crippen molar-refractivity contribution in [2.45, 2.75) is 0 Å². The third kappa shape index (κ3) is 3.99. The molecule has 28 heavy (non-hydrogen) atoms. The third-order valence-electron chi connectivity index (χ3n) is 4.08. The van der Waals surface area contributed by atoms with Gasteiger partial charge in [0.15, 0.2) is 5.95 Å². The van der Waals surface area contributed by atoms with Crippen LogP contribution < -0.4 is 5.73 Å². The van der Waals surface area contributed by atoms with Crippen LogP contribution in [0.15, 0.2) is 85.3 Å². The van der Waals surface area contributed by atoms with Gasteiger partial charge in [0.2, 0.25) is 0 Å². The summed E-state index contributed by atoms with van der Waals surface area (Å²) in [6, 6.07) is 23.7. The molecule has 0 amide bonds. The number of rotatable bonds is 0. The first-order valence-electron chi connectivity index (χ1n) is 8.76. The molecule has 0 radical (unpaired) electrons. The first-order chi connectivity index (χ1) is 13.8. The number of nitrogens with one attached hydrogen (secondary N) is 3. The van der Waals surface area contributed by atoms with Crippen LogP contribution in [0, 0.1) is 0 Å². The maximum Gasteiger partial charge on any atom is 0.198 e. The Kier molecular flexibility index (Phi) is 4.97. The Morgan fingerprint density at radius 3 is 2.14 bits per heavy atom. The van der Waals surface area contributed by atoms with Crippen molar-refractivity contribution in [1.82, 2.24) is 30.1 Å². The fourth-order valence-corrected chi connectivity index (χ4v) is 2.73. The Bertz CT molecular complexity index is 1140. The van der Waals surface area contributed by atoms with E-state index in [9.17, 15) is 0 Å². The molecule has 3 aromatic heterocycles. The number of aromatic nitrogens is 6. The van der Waals surface area contributed by atoms with Crippen molar-refractivity contribution in [1.29, 1.82) is 0 Å². The van der Waals surface area contributed by atoms with E-state index in [2.05, 4.69) is 30.1 Å². The number of aromatic amines is 3. The van der Waals surface area contributed by atoms with E-state index in [1.54, 1.807) is 6.33 Å². The number of nitrogens with two attached hydrogens (primary N) is 1. The van der Waals surface area contributed by atoms with Crippen molar-refractivity contribution in [3.8, 4) is 0 Å². The zero-order chi connectivity index (χ0) is 19.2. The largest absolute Gasteiger partial charge is 0.369 e. The molecule has 138 valence electrons. The molecule has 0 saturated heterocycles. The normalized spacial score (nSPS) is 10.3. The molecule has 0 atom stereocenters. The number of nitrogens with zero attached hydrogens (tertiary/aromatic N) is 3. The lowest BCUT2D eigenvalue weighted by Gasteiger charge is -1.81. The SMILES string of the molecule is Nc1nc2ccccc2[nH]1.c1ccc2[nH]cnc2c1.c1ccc2[nH]ncc2c1. The number of anilines is 1. The van der Waals surface area contributed by atoms with E-state index < -0.39 is 0 Å². The highest BCUT2D eigenvalue weighted by Gasteiger charge is 1.94. The molecule has 0 fully saturated rings. The predicted molar refractivity (Wildman–Crippen MR) is 113 cm³/mol. The molecule has 0 spiro atoms. The van der Waals surface area contributed by atoms with Crippen molar-refractivity contribution in [2.24, 2.45) is 0 Å². The Morgan fingerprint density at radius 2 is 1.39 bits per heavy atom. The second-order valence-electron chi connectivity index (χ2n) is 6.02. The topological polar surface area (TPSA) is 112 Å². The van der Waals surface area contributed by atoms with Gasteiger partial charge in [0.1, 0.15) is 0 Å². The van der Waals surface area contributed by atoms with Gasteiger partial charge in [-0.05, 0) is 30.3 Å². The lowest BCUT2D eigenvalue weighted by Crippen LogP contribution is -1.84. The van der Waals surface area contributed by atoms with Crippen LogP contribution in [0.2, 0.25) is 0 Å². The number of H-pyrrole nitrogens is 3. The first-order valence-corrected chi connectivity index (χ1v) is 8.76. The second kappa shape index (κ2) is 8.05. The molecular formula is C21H19N7. The lowest BCUT2D eigenvalue weighted by atomic mass is 10.3. The highest BCUT2D eigenvalue weighted by Crippen LogP contribution is 2.10. The van der Waals surface area contributed by atoms with Crippen molar-refractivity contribution in [3.05, 3.63) is 85.3 Å². The van der Waals surface area contributed by atoms with Crippen LogP contribution in [0.4, 0.5) is 5.95 Å². The quantitative estimate of drug-likeness (QED) is 0.320. The van der Waals surface area contributed by atoms with Crippen molar-refractivity contribution >= 4 is 38.9 Å². The van der Waals surface area contributed by atoms with E-state index in [0.717, 1.165) is 33.0 Å². The summed E-state index contributed by atoms with van der Waals surface area (Å²) >= 11 is 0. The summed E-state index contributed by atoms with van der Waals surface area (Å²) in [6.45, 7) is 0. The minimum absolute atomic E-state index is 0.473. The number of benzene rings is 3. The summed E-state index contributed by atoms with van der Waals surface area (Å²) in [5, 5.41) is 7.91. The van der Waals surface area contributed by atoms with Crippen LogP contribution in [0.5, 0.6) is 0 Å². The standard InChI is InChI=1S/C7H7N3.2C7H6N2/c8-7-9-5-3-1-2-4-6(5)10-7;1-2-4-7-6(3-1)8-5-9-7;1-2-4-7-6(3-1)5-8-9-7/h1-4H,(H3,8,9,10);2*1-5H,(H,8,9). The van der Waals surface area contributed by atoms with Gasteiger partial charge in [0.25, 0.3) is 0 Å². The monoisotopic (exact) mass is 369 g/mol. The molecule has 6 rings (SSSR count). The first kappa shape index (κ1) is 17.3. The van der Waals surface area contributed by atoms with Gasteiger partial charge in [-0.25, -0.2) is 9.97 Å². The average Bonchev–Trinajstić information content (AvgIpc) is 3.46. The van der Waals surface area contributed by atoms with Crippen molar-refractivity contribution in [3.63, 3.8) is 0 Å². The van der Waals surface area contributed by atoms with Crippen LogP contribution >= 0.6 is 0 Å². The molecule has 0 saturated carbocycles. The fourth-order valence-electron chi connectivity index (χ4n) is 2.73. The van der Waals surface area contributed by atoms with Crippen molar-refractivity contribution < 1.29 is 0 Å². The number of imidazole rings is 2. The lowest BCUT2D eigenvalue weighted by molar-refractivity contribution is 1.12. The fraction of sp³-hybridized carbons (Fsp3) is 0. The molecule has 0 aliphatic heterocycles. The zero-order valence-electron chi connectivity index (χ0n) is 15.0. The number of hydrogen-bond acceptors (Lipinski definition) is 4. The minimum atomic E-state index is 0.473. The number of nitrogen functional groups attached to an aromatic ring is 1. The van der Waals surface area contributed by atoms with Gasteiger partial charge in [-0.3, -0.25) is 5.10 Å². The molecule has 7 heteroatoms. The Labute approximate surface area is 160 Å². The van der Waals surface area contributed by atoms with Crippen LogP contribution in [0.25, 0.3) is 33.0 Å². The van der Waals surface area contributed by atoms with Crippen LogP contribution in [0.1, 0.15) is 0 Å². The molecule has 3 aromatic carbocycles. The molecule has 0 aliphatic rings. The van der Waals surface area contributed by atoms with E-state index in [4.69, 9.17) is 5.73 Å². The van der Waals surface area contributed by atoms with E-state index in [0.29, 0.717) is 5.95 Å². The summed E-state index contributed by atoms with van der Waals surface area (Å²) in [4.78, 5) is 14.0. The van der Waals surface area contributed by atoms with Gasteiger partial charge in [0, 0.05) is 5.39 Å². The molecule has 0 aliphatic carbocycles. The third-order valence-corrected chi connectivity index (χ3v) is 4.08. The van der Waals surface area contributed by atoms with Crippen molar-refractivity contribution in [2.75, 3.05) is 5.73 Å². The molecule has 7 nitrogen and oxygen atoms in total. The summed E-state index contributed by atoms with van der Waals surface area (Å²) in [5.41, 5.74) is 10.5. The van der Waals surface area contributed by atoms with E-state index >= 15 is 0 Å². The van der Waals surface area contributed by atoms with Gasteiger partial charge >= 0.3 is 0 Å². The molecule has 3 heterocycles. The molecule has 6 aromatic rings.